The Hall–Kier alpha value is -3.02. The summed E-state index contributed by atoms with van der Waals surface area (Å²) in [5.41, 5.74) is 1.31. The maximum atomic E-state index is 12.4. The molecule has 0 saturated carbocycles. The van der Waals surface area contributed by atoms with Crippen LogP contribution in [0.5, 0.6) is 11.5 Å². The third kappa shape index (κ3) is 3.79. The summed E-state index contributed by atoms with van der Waals surface area (Å²) < 4.78 is 10.4. The minimum absolute atomic E-state index is 0.200. The van der Waals surface area contributed by atoms with Crippen LogP contribution in [0.1, 0.15) is 26.3 Å². The Morgan fingerprint density at radius 3 is 2.04 bits per heavy atom. The van der Waals surface area contributed by atoms with Crippen LogP contribution in [0.25, 0.3) is 0 Å². The van der Waals surface area contributed by atoms with Crippen LogP contribution in [0.2, 0.25) is 0 Å². The molecule has 6 heteroatoms. The van der Waals surface area contributed by atoms with E-state index < -0.39 is 5.97 Å². The van der Waals surface area contributed by atoms with Crippen molar-refractivity contribution < 1.29 is 24.2 Å². The lowest BCUT2D eigenvalue weighted by molar-refractivity contribution is 0.0696. The maximum Gasteiger partial charge on any atom is 0.335 e. The number of hydrogen-bond acceptors (Lipinski definition) is 4. The minimum Gasteiger partial charge on any atom is -0.496 e. The number of hydrogen-bond donors (Lipinski definition) is 2. The largest absolute Gasteiger partial charge is 0.496 e. The van der Waals surface area contributed by atoms with Gasteiger partial charge in [-0.3, -0.25) is 4.79 Å². The van der Waals surface area contributed by atoms with Crippen molar-refractivity contribution in [3.63, 3.8) is 0 Å². The Labute approximate surface area is 133 Å². The highest BCUT2D eigenvalue weighted by molar-refractivity contribution is 5.99. The number of benzene rings is 2. The molecule has 2 N–H and O–H groups in total. The molecule has 0 bridgehead atoms. The number of methoxy groups -OCH3 is 2. The highest BCUT2D eigenvalue weighted by Gasteiger charge is 2.17. The molecule has 23 heavy (non-hydrogen) atoms. The monoisotopic (exact) mass is 315 g/mol. The molecule has 0 radical (unpaired) electrons. The topological polar surface area (TPSA) is 84.9 Å². The quantitative estimate of drug-likeness (QED) is 0.854. The van der Waals surface area contributed by atoms with Crippen molar-refractivity contribution in [3.8, 4) is 11.5 Å². The van der Waals surface area contributed by atoms with Gasteiger partial charge in [0.2, 0.25) is 0 Å². The average molecular weight is 315 g/mol. The van der Waals surface area contributed by atoms with Gasteiger partial charge in [0.1, 0.15) is 17.1 Å². The van der Waals surface area contributed by atoms with Gasteiger partial charge in [-0.05, 0) is 29.8 Å². The van der Waals surface area contributed by atoms with E-state index in [2.05, 4.69) is 5.32 Å². The first kappa shape index (κ1) is 16.4. The van der Waals surface area contributed by atoms with Crippen molar-refractivity contribution in [1.29, 1.82) is 0 Å². The van der Waals surface area contributed by atoms with E-state index in [-0.39, 0.29) is 18.0 Å². The number of carboxylic acids is 1. The van der Waals surface area contributed by atoms with Crippen LogP contribution in [-0.2, 0) is 6.54 Å². The molecular formula is C17H17NO5. The molecule has 0 unspecified atom stereocenters. The Morgan fingerprint density at radius 1 is 1.00 bits per heavy atom. The zero-order valence-electron chi connectivity index (χ0n) is 12.8. The molecule has 120 valence electrons. The highest BCUT2D eigenvalue weighted by Crippen LogP contribution is 2.28. The van der Waals surface area contributed by atoms with Gasteiger partial charge in [-0.2, -0.15) is 0 Å². The Bertz CT molecular complexity index is 687. The molecule has 0 heterocycles. The lowest BCUT2D eigenvalue weighted by atomic mass is 10.1. The van der Waals surface area contributed by atoms with Gasteiger partial charge in [-0.15, -0.1) is 0 Å². The molecule has 2 aromatic rings. The van der Waals surface area contributed by atoms with E-state index in [9.17, 15) is 9.59 Å². The van der Waals surface area contributed by atoms with E-state index in [1.165, 1.54) is 26.4 Å². The molecule has 2 rings (SSSR count). The predicted octanol–water partition coefficient (Wildman–Crippen LogP) is 2.33. The third-order valence-corrected chi connectivity index (χ3v) is 3.31. The summed E-state index contributed by atoms with van der Waals surface area (Å²) in [6.07, 6.45) is 0. The highest BCUT2D eigenvalue weighted by atomic mass is 16.5. The summed E-state index contributed by atoms with van der Waals surface area (Å²) in [6, 6.07) is 11.4. The van der Waals surface area contributed by atoms with Gasteiger partial charge in [0.05, 0.1) is 19.8 Å². The van der Waals surface area contributed by atoms with Crippen LogP contribution in [-0.4, -0.2) is 31.2 Å². The fourth-order valence-corrected chi connectivity index (χ4v) is 2.11. The third-order valence-electron chi connectivity index (χ3n) is 3.31. The van der Waals surface area contributed by atoms with Crippen LogP contribution >= 0.6 is 0 Å². The predicted molar refractivity (Wildman–Crippen MR) is 84.1 cm³/mol. The number of carbonyl (C=O) groups excluding carboxylic acids is 1. The number of nitrogens with one attached hydrogen (secondary N) is 1. The van der Waals surface area contributed by atoms with Crippen LogP contribution < -0.4 is 14.8 Å². The lowest BCUT2D eigenvalue weighted by Crippen LogP contribution is -2.24. The molecule has 0 aliphatic carbocycles. The average Bonchev–Trinajstić information content (AvgIpc) is 2.59. The first-order valence-corrected chi connectivity index (χ1v) is 6.88. The number of ether oxygens (including phenoxy) is 2. The van der Waals surface area contributed by atoms with Crippen LogP contribution in [0.15, 0.2) is 42.5 Å². The standard InChI is InChI=1S/C17H17NO5/c1-22-13-4-3-5-14(23-2)15(13)16(19)18-10-11-6-8-12(9-7-11)17(20)21/h3-9H,10H2,1-2H3,(H,18,19)(H,20,21). The van der Waals surface area contributed by atoms with Crippen molar-refractivity contribution >= 4 is 11.9 Å². The normalized spacial score (nSPS) is 10.0. The van der Waals surface area contributed by atoms with Gasteiger partial charge in [-0.25, -0.2) is 4.79 Å². The molecule has 0 fully saturated rings. The van der Waals surface area contributed by atoms with Crippen molar-refractivity contribution in [3.05, 3.63) is 59.2 Å². The molecule has 1 amide bonds. The van der Waals surface area contributed by atoms with Crippen LogP contribution in [0, 0.1) is 0 Å². The van der Waals surface area contributed by atoms with E-state index in [1.807, 2.05) is 0 Å². The molecule has 0 atom stereocenters. The van der Waals surface area contributed by atoms with Crippen molar-refractivity contribution in [2.24, 2.45) is 0 Å². The van der Waals surface area contributed by atoms with Crippen molar-refractivity contribution in [2.45, 2.75) is 6.54 Å². The van der Waals surface area contributed by atoms with Crippen LogP contribution in [0.3, 0.4) is 0 Å². The molecule has 0 aliphatic heterocycles. The van der Waals surface area contributed by atoms with Gasteiger partial charge in [-0.1, -0.05) is 18.2 Å². The van der Waals surface area contributed by atoms with Gasteiger partial charge in [0, 0.05) is 6.54 Å². The van der Waals surface area contributed by atoms with E-state index in [0.717, 1.165) is 5.56 Å². The minimum atomic E-state index is -0.987. The van der Waals surface area contributed by atoms with Gasteiger partial charge < -0.3 is 19.9 Å². The fraction of sp³-hybridized carbons (Fsp3) is 0.176. The maximum absolute atomic E-state index is 12.4. The molecule has 0 aromatic heterocycles. The number of rotatable bonds is 6. The number of carboxylic acid groups (broad SMARTS) is 1. The summed E-state index contributed by atoms with van der Waals surface area (Å²) in [5.74, 6) is -0.480. The first-order valence-electron chi connectivity index (χ1n) is 6.88. The lowest BCUT2D eigenvalue weighted by Gasteiger charge is -2.13. The van der Waals surface area contributed by atoms with E-state index in [1.54, 1.807) is 30.3 Å². The summed E-state index contributed by atoms with van der Waals surface area (Å²) in [7, 11) is 2.96. The second kappa shape index (κ2) is 7.31. The van der Waals surface area contributed by atoms with E-state index in [0.29, 0.717) is 17.1 Å². The smallest absolute Gasteiger partial charge is 0.335 e. The number of carbonyl (C=O) groups is 2. The zero-order chi connectivity index (χ0) is 16.8. The van der Waals surface area contributed by atoms with Gasteiger partial charge >= 0.3 is 5.97 Å². The molecular weight excluding hydrogens is 298 g/mol. The van der Waals surface area contributed by atoms with E-state index in [4.69, 9.17) is 14.6 Å². The van der Waals surface area contributed by atoms with Crippen molar-refractivity contribution in [2.75, 3.05) is 14.2 Å². The Morgan fingerprint density at radius 2 is 1.57 bits per heavy atom. The van der Waals surface area contributed by atoms with Crippen LogP contribution in [0.4, 0.5) is 0 Å². The summed E-state index contributed by atoms with van der Waals surface area (Å²) in [4.78, 5) is 23.2. The van der Waals surface area contributed by atoms with Crippen molar-refractivity contribution in [1.82, 2.24) is 5.32 Å². The van der Waals surface area contributed by atoms with Gasteiger partial charge in [0.15, 0.2) is 0 Å². The first-order chi connectivity index (χ1) is 11.1. The second-order valence-electron chi connectivity index (χ2n) is 4.72. The summed E-state index contributed by atoms with van der Waals surface area (Å²) >= 11 is 0. The molecule has 0 aliphatic rings. The molecule has 0 spiro atoms. The van der Waals surface area contributed by atoms with Gasteiger partial charge in [0.25, 0.3) is 5.91 Å². The molecule has 2 aromatic carbocycles. The number of aromatic carboxylic acids is 1. The molecule has 6 nitrogen and oxygen atoms in total. The number of amides is 1. The SMILES string of the molecule is COc1cccc(OC)c1C(=O)NCc1ccc(C(=O)O)cc1. The summed E-state index contributed by atoms with van der Waals surface area (Å²) in [6.45, 7) is 0.264. The Balaban J connectivity index is 2.12. The fourth-order valence-electron chi connectivity index (χ4n) is 2.11. The Kier molecular flexibility index (Phi) is 5.19. The zero-order valence-corrected chi connectivity index (χ0v) is 12.8. The summed E-state index contributed by atoms with van der Waals surface area (Å²) in [5, 5.41) is 11.6. The van der Waals surface area contributed by atoms with E-state index >= 15 is 0 Å². The molecule has 0 saturated heterocycles. The second-order valence-corrected chi connectivity index (χ2v) is 4.72.